The van der Waals surface area contributed by atoms with Crippen molar-refractivity contribution in [3.63, 3.8) is 0 Å². The number of hydrogen-bond donors (Lipinski definition) is 1. The highest BCUT2D eigenvalue weighted by Crippen LogP contribution is 2.43. The molecule has 1 aliphatic rings. The predicted molar refractivity (Wildman–Crippen MR) is 177 cm³/mol. The first-order valence-corrected chi connectivity index (χ1v) is 14.9. The van der Waals surface area contributed by atoms with Crippen molar-refractivity contribution in [3.05, 3.63) is 120 Å². The summed E-state index contributed by atoms with van der Waals surface area (Å²) < 4.78 is 0. The molecule has 0 aliphatic heterocycles. The monoisotopic (exact) mass is 531 g/mol. The van der Waals surface area contributed by atoms with Crippen molar-refractivity contribution in [2.75, 3.05) is 0 Å². The van der Waals surface area contributed by atoms with Gasteiger partial charge in [-0.2, -0.15) is 0 Å². The van der Waals surface area contributed by atoms with Crippen LogP contribution < -0.4 is 0 Å². The van der Waals surface area contributed by atoms with Crippen LogP contribution in [-0.4, -0.2) is 18.0 Å². The summed E-state index contributed by atoms with van der Waals surface area (Å²) in [5, 5.41) is 18.3. The largest absolute Gasteiger partial charge is 0.391 e. The van der Waals surface area contributed by atoms with Crippen molar-refractivity contribution in [3.8, 4) is 22.3 Å². The van der Waals surface area contributed by atoms with Gasteiger partial charge in [-0.15, -0.1) is 0 Å². The summed E-state index contributed by atoms with van der Waals surface area (Å²) in [6.07, 6.45) is 2.93. The molecule has 7 rings (SSSR count). The molecular weight excluding hydrogens is 495 g/mol. The topological polar surface area (TPSA) is 20.2 Å². The van der Waals surface area contributed by atoms with Gasteiger partial charge in [0.2, 0.25) is 0 Å². The van der Waals surface area contributed by atoms with E-state index >= 15 is 0 Å². The van der Waals surface area contributed by atoms with Gasteiger partial charge in [-0.25, -0.2) is 0 Å². The van der Waals surface area contributed by atoms with Gasteiger partial charge in [0.1, 0.15) is 7.28 Å². The third kappa shape index (κ3) is 4.28. The summed E-state index contributed by atoms with van der Waals surface area (Å²) in [5.41, 5.74) is 8.86. The van der Waals surface area contributed by atoms with Gasteiger partial charge in [0.25, 0.3) is 0 Å². The highest BCUT2D eigenvalue weighted by molar-refractivity contribution is 6.40. The Morgan fingerprint density at radius 1 is 0.561 bits per heavy atom. The first kappa shape index (κ1) is 26.1. The zero-order valence-electron chi connectivity index (χ0n) is 24.5. The van der Waals surface area contributed by atoms with Crippen molar-refractivity contribution in [2.45, 2.75) is 57.8 Å². The summed E-state index contributed by atoms with van der Waals surface area (Å²) in [4.78, 5) is 0. The van der Waals surface area contributed by atoms with Crippen LogP contribution in [0.1, 0.15) is 44.4 Å². The lowest BCUT2D eigenvalue weighted by Gasteiger charge is -2.37. The van der Waals surface area contributed by atoms with Gasteiger partial charge >= 0.3 is 0 Å². The summed E-state index contributed by atoms with van der Waals surface area (Å²) in [6.45, 7) is 8.05. The lowest BCUT2D eigenvalue weighted by molar-refractivity contribution is 0.0403. The molecule has 1 nitrogen and oxygen atoms in total. The van der Waals surface area contributed by atoms with Crippen LogP contribution in [-0.2, 0) is 19.2 Å². The molecule has 0 atom stereocenters. The molecule has 201 valence electrons. The summed E-state index contributed by atoms with van der Waals surface area (Å²) in [5.74, 6) is 0. The summed E-state index contributed by atoms with van der Waals surface area (Å²) in [6, 6.07) is 38.3. The van der Waals surface area contributed by atoms with Gasteiger partial charge in [-0.3, -0.25) is 0 Å². The van der Waals surface area contributed by atoms with Crippen molar-refractivity contribution in [1.82, 2.24) is 0 Å². The predicted octanol–water partition coefficient (Wildman–Crippen LogP) is 9.75. The third-order valence-corrected chi connectivity index (χ3v) is 9.83. The molecular formula is C39H36BO. The number of fused-ring (bicyclic) bond motifs is 9. The Bertz CT molecular complexity index is 1920. The van der Waals surface area contributed by atoms with Crippen LogP contribution in [0.4, 0.5) is 0 Å². The van der Waals surface area contributed by atoms with E-state index in [1.165, 1.54) is 71.3 Å². The van der Waals surface area contributed by atoms with E-state index in [0.29, 0.717) is 0 Å². The van der Waals surface area contributed by atoms with Crippen LogP contribution in [0.25, 0.3) is 54.6 Å². The molecule has 0 heterocycles. The molecule has 6 aromatic rings. The normalized spacial score (nSPS) is 13.4. The highest BCUT2D eigenvalue weighted by Gasteiger charge is 2.35. The smallest absolute Gasteiger partial charge is 0.126 e. The van der Waals surface area contributed by atoms with E-state index in [2.05, 4.69) is 124 Å². The van der Waals surface area contributed by atoms with E-state index in [1.54, 1.807) is 0 Å². The Labute approximate surface area is 244 Å². The van der Waals surface area contributed by atoms with Crippen molar-refractivity contribution < 1.29 is 5.11 Å². The van der Waals surface area contributed by atoms with Gasteiger partial charge in [-0.05, 0) is 104 Å². The molecule has 0 saturated carbocycles. The first-order chi connectivity index (χ1) is 19.7. The van der Waals surface area contributed by atoms with Crippen molar-refractivity contribution in [2.24, 2.45) is 0 Å². The minimum atomic E-state index is -0.763. The second-order valence-electron chi connectivity index (χ2n) is 12.8. The van der Waals surface area contributed by atoms with Crippen LogP contribution >= 0.6 is 0 Å². The van der Waals surface area contributed by atoms with Crippen LogP contribution in [0, 0.1) is 0 Å². The van der Waals surface area contributed by atoms with E-state index in [0.717, 1.165) is 19.2 Å². The average molecular weight is 532 g/mol. The lowest BCUT2D eigenvalue weighted by Crippen LogP contribution is -2.38. The highest BCUT2D eigenvalue weighted by atomic mass is 16.3. The van der Waals surface area contributed by atoms with Gasteiger partial charge in [0, 0.05) is 0 Å². The fourth-order valence-corrected chi connectivity index (χ4v) is 6.69. The van der Waals surface area contributed by atoms with E-state index in [1.807, 2.05) is 13.8 Å². The Kier molecular flexibility index (Phi) is 6.10. The Morgan fingerprint density at radius 3 is 1.71 bits per heavy atom. The molecule has 0 spiro atoms. The molecule has 1 N–H and O–H groups in total. The zero-order valence-corrected chi connectivity index (χ0v) is 24.5. The second kappa shape index (κ2) is 9.60. The molecule has 2 heteroatoms. The second-order valence-corrected chi connectivity index (χ2v) is 12.8. The Balaban J connectivity index is 1.33. The fourth-order valence-electron chi connectivity index (χ4n) is 6.69. The van der Waals surface area contributed by atoms with E-state index in [9.17, 15) is 5.11 Å². The van der Waals surface area contributed by atoms with E-state index in [-0.39, 0.29) is 5.31 Å². The van der Waals surface area contributed by atoms with Crippen LogP contribution in [0.3, 0.4) is 0 Å². The van der Waals surface area contributed by atoms with Crippen LogP contribution in [0.2, 0.25) is 5.31 Å². The minimum absolute atomic E-state index is 0.277. The molecule has 0 amide bonds. The number of aliphatic hydroxyl groups is 1. The van der Waals surface area contributed by atoms with Gasteiger partial charge < -0.3 is 5.11 Å². The lowest BCUT2D eigenvalue weighted by atomic mass is 9.45. The summed E-state index contributed by atoms with van der Waals surface area (Å²) >= 11 is 0. The Morgan fingerprint density at radius 2 is 1.07 bits per heavy atom. The first-order valence-electron chi connectivity index (χ1n) is 14.9. The molecule has 41 heavy (non-hydrogen) atoms. The SMILES string of the molecule is CC(C)(O)C(C)(C)[B]Cc1cccc2c1CCc1c(-c3ccc4c5ccccc5c5ccccc5c4c3)cccc1-2. The van der Waals surface area contributed by atoms with Gasteiger partial charge in [0.05, 0.1) is 5.60 Å². The number of hydrogen-bond acceptors (Lipinski definition) is 1. The van der Waals surface area contributed by atoms with Gasteiger partial charge in [0.15, 0.2) is 0 Å². The Hall–Kier alpha value is -3.88. The van der Waals surface area contributed by atoms with Crippen LogP contribution in [0.5, 0.6) is 0 Å². The fraction of sp³-hybridized carbons (Fsp3) is 0.231. The molecule has 0 saturated heterocycles. The molecule has 1 aliphatic carbocycles. The maximum absolute atomic E-state index is 10.7. The quantitative estimate of drug-likeness (QED) is 0.173. The molecule has 1 radical (unpaired) electrons. The summed E-state index contributed by atoms with van der Waals surface area (Å²) in [7, 11) is 2.29. The average Bonchev–Trinajstić information content (AvgIpc) is 2.99. The number of benzene rings is 6. The number of rotatable bonds is 5. The van der Waals surface area contributed by atoms with Crippen LogP contribution in [0.15, 0.2) is 103 Å². The maximum Gasteiger partial charge on any atom is 0.126 e. The minimum Gasteiger partial charge on any atom is -0.391 e. The van der Waals surface area contributed by atoms with Crippen molar-refractivity contribution >= 4 is 39.6 Å². The molecule has 0 bridgehead atoms. The van der Waals surface area contributed by atoms with Gasteiger partial charge in [-0.1, -0.05) is 123 Å². The zero-order chi connectivity index (χ0) is 28.4. The molecule has 0 aromatic heterocycles. The molecule has 0 unspecified atom stereocenters. The maximum atomic E-state index is 10.7. The third-order valence-electron chi connectivity index (χ3n) is 9.83. The van der Waals surface area contributed by atoms with E-state index in [4.69, 9.17) is 0 Å². The molecule has 6 aromatic carbocycles. The van der Waals surface area contributed by atoms with E-state index < -0.39 is 5.60 Å². The van der Waals surface area contributed by atoms with Crippen molar-refractivity contribution in [1.29, 1.82) is 0 Å². The molecule has 0 fully saturated rings. The standard InChI is InChI=1S/C39H36BO/c1-38(2,39(3,4)41)40-24-26-11-9-17-29-28(26)21-22-35-27(16-10-18-33(29)35)25-19-20-36-32-14-6-5-12-30(32)31-13-7-8-15-34(31)37(36)23-25/h5-20,23,41H,21-22,24H2,1-4H3.